The standard InChI is InChI=1S/C16H24ClNS/c1-3-16(4-2,11-17)12-18-9-13-10-19-15-8-6-5-7-14(13)15/h5-8,13,18H,3-4,9-12H2,1-2H3. The SMILES string of the molecule is CCC(CC)(CCl)CNCC1CSc2ccccc21. The lowest BCUT2D eigenvalue weighted by Crippen LogP contribution is -2.37. The van der Waals surface area contributed by atoms with E-state index in [-0.39, 0.29) is 5.41 Å². The molecule has 1 N–H and O–H groups in total. The monoisotopic (exact) mass is 297 g/mol. The molecule has 1 unspecified atom stereocenters. The lowest BCUT2D eigenvalue weighted by Gasteiger charge is -2.30. The highest BCUT2D eigenvalue weighted by Crippen LogP contribution is 2.39. The molecule has 0 fully saturated rings. The van der Waals surface area contributed by atoms with E-state index in [1.54, 1.807) is 0 Å². The summed E-state index contributed by atoms with van der Waals surface area (Å²) in [7, 11) is 0. The molecule has 1 aliphatic rings. The van der Waals surface area contributed by atoms with Gasteiger partial charge in [0.15, 0.2) is 0 Å². The van der Waals surface area contributed by atoms with Crippen molar-refractivity contribution in [3.63, 3.8) is 0 Å². The minimum Gasteiger partial charge on any atom is -0.315 e. The molecule has 0 aromatic heterocycles. The third-order valence-electron chi connectivity index (χ3n) is 4.47. The Labute approximate surface area is 126 Å². The van der Waals surface area contributed by atoms with Crippen LogP contribution in [0.3, 0.4) is 0 Å². The average Bonchev–Trinajstić information content (AvgIpc) is 2.88. The predicted octanol–water partition coefficient (Wildman–Crippen LogP) is 4.51. The minimum absolute atomic E-state index is 0.271. The normalized spacial score (nSPS) is 18.6. The average molecular weight is 298 g/mol. The molecule has 0 aliphatic carbocycles. The highest BCUT2D eigenvalue weighted by molar-refractivity contribution is 7.99. The first-order valence-electron chi connectivity index (χ1n) is 7.23. The van der Waals surface area contributed by atoms with E-state index in [4.69, 9.17) is 11.6 Å². The molecule has 1 aromatic carbocycles. The first-order chi connectivity index (χ1) is 9.24. The van der Waals surface area contributed by atoms with Crippen LogP contribution in [-0.2, 0) is 0 Å². The maximum atomic E-state index is 6.16. The summed E-state index contributed by atoms with van der Waals surface area (Å²) in [5, 5.41) is 3.66. The van der Waals surface area contributed by atoms with Crippen LogP contribution < -0.4 is 5.32 Å². The molecule has 0 saturated heterocycles. The second-order valence-corrected chi connectivity index (χ2v) is 6.85. The van der Waals surface area contributed by atoms with Crippen LogP contribution >= 0.6 is 23.4 Å². The quantitative estimate of drug-likeness (QED) is 0.743. The molecular weight excluding hydrogens is 274 g/mol. The van der Waals surface area contributed by atoms with Gasteiger partial charge in [-0.25, -0.2) is 0 Å². The highest BCUT2D eigenvalue weighted by atomic mass is 35.5. The van der Waals surface area contributed by atoms with E-state index in [1.807, 2.05) is 11.8 Å². The van der Waals surface area contributed by atoms with Gasteiger partial charge in [-0.1, -0.05) is 32.0 Å². The maximum Gasteiger partial charge on any atom is 0.0291 e. The summed E-state index contributed by atoms with van der Waals surface area (Å²) < 4.78 is 0. The Morgan fingerprint density at radius 2 is 2.05 bits per heavy atom. The van der Waals surface area contributed by atoms with Gasteiger partial charge in [0.1, 0.15) is 0 Å². The first-order valence-corrected chi connectivity index (χ1v) is 8.75. The van der Waals surface area contributed by atoms with E-state index in [9.17, 15) is 0 Å². The second kappa shape index (κ2) is 7.01. The predicted molar refractivity (Wildman–Crippen MR) is 86.5 cm³/mol. The summed E-state index contributed by atoms with van der Waals surface area (Å²) in [6.07, 6.45) is 2.30. The van der Waals surface area contributed by atoms with Crippen LogP contribution in [0, 0.1) is 5.41 Å². The Morgan fingerprint density at radius 3 is 2.74 bits per heavy atom. The van der Waals surface area contributed by atoms with Crippen molar-refractivity contribution in [1.29, 1.82) is 0 Å². The van der Waals surface area contributed by atoms with Gasteiger partial charge in [-0.3, -0.25) is 0 Å². The van der Waals surface area contributed by atoms with Crippen molar-refractivity contribution >= 4 is 23.4 Å². The van der Waals surface area contributed by atoms with Gasteiger partial charge in [0.25, 0.3) is 0 Å². The molecule has 19 heavy (non-hydrogen) atoms. The lowest BCUT2D eigenvalue weighted by molar-refractivity contribution is 0.285. The number of alkyl halides is 1. The van der Waals surface area contributed by atoms with Gasteiger partial charge in [0.2, 0.25) is 0 Å². The molecule has 1 aromatic rings. The molecule has 2 rings (SSSR count). The Morgan fingerprint density at radius 1 is 1.32 bits per heavy atom. The molecule has 106 valence electrons. The van der Waals surface area contributed by atoms with Crippen LogP contribution in [-0.4, -0.2) is 24.7 Å². The van der Waals surface area contributed by atoms with Crippen molar-refractivity contribution in [2.75, 3.05) is 24.7 Å². The topological polar surface area (TPSA) is 12.0 Å². The molecule has 0 radical (unpaired) electrons. The van der Waals surface area contributed by atoms with E-state index >= 15 is 0 Å². The Hall–Kier alpha value is -0.180. The van der Waals surface area contributed by atoms with Gasteiger partial charge in [-0.15, -0.1) is 23.4 Å². The Balaban J connectivity index is 1.87. The van der Waals surface area contributed by atoms with Gasteiger partial charge in [0, 0.05) is 35.5 Å². The molecule has 0 bridgehead atoms. The Bertz CT molecular complexity index is 395. The van der Waals surface area contributed by atoms with Crippen LogP contribution in [0.4, 0.5) is 0 Å². The summed E-state index contributed by atoms with van der Waals surface area (Å²) in [5.74, 6) is 2.62. The number of fused-ring (bicyclic) bond motifs is 1. The molecule has 0 saturated carbocycles. The number of halogens is 1. The van der Waals surface area contributed by atoms with Crippen molar-refractivity contribution in [2.24, 2.45) is 5.41 Å². The van der Waals surface area contributed by atoms with Crippen molar-refractivity contribution in [3.05, 3.63) is 29.8 Å². The lowest BCUT2D eigenvalue weighted by atomic mass is 9.84. The summed E-state index contributed by atoms with van der Waals surface area (Å²) in [6.45, 7) is 6.60. The van der Waals surface area contributed by atoms with Gasteiger partial charge in [-0.2, -0.15) is 0 Å². The number of benzene rings is 1. The van der Waals surface area contributed by atoms with Crippen LogP contribution in [0.25, 0.3) is 0 Å². The van der Waals surface area contributed by atoms with Gasteiger partial charge >= 0.3 is 0 Å². The third kappa shape index (κ3) is 3.48. The molecule has 1 atom stereocenters. The van der Waals surface area contributed by atoms with Gasteiger partial charge < -0.3 is 5.32 Å². The summed E-state index contributed by atoms with van der Waals surface area (Å²) >= 11 is 8.14. The van der Waals surface area contributed by atoms with Crippen molar-refractivity contribution < 1.29 is 0 Å². The maximum absolute atomic E-state index is 6.16. The largest absolute Gasteiger partial charge is 0.315 e. The number of nitrogens with one attached hydrogen (secondary N) is 1. The summed E-state index contributed by atoms with van der Waals surface area (Å²) in [4.78, 5) is 1.46. The highest BCUT2D eigenvalue weighted by Gasteiger charge is 2.26. The molecule has 1 nitrogen and oxygen atoms in total. The minimum atomic E-state index is 0.271. The van der Waals surface area contributed by atoms with Crippen molar-refractivity contribution in [3.8, 4) is 0 Å². The number of rotatable bonds is 7. The smallest absolute Gasteiger partial charge is 0.0291 e. The fourth-order valence-electron chi connectivity index (χ4n) is 2.65. The second-order valence-electron chi connectivity index (χ2n) is 5.52. The third-order valence-corrected chi connectivity index (χ3v) is 6.29. The molecule has 1 aliphatic heterocycles. The van der Waals surface area contributed by atoms with E-state index < -0.39 is 0 Å². The van der Waals surface area contributed by atoms with Crippen LogP contribution in [0.15, 0.2) is 29.2 Å². The molecule has 1 heterocycles. The van der Waals surface area contributed by atoms with E-state index in [0.29, 0.717) is 5.92 Å². The van der Waals surface area contributed by atoms with Crippen molar-refractivity contribution in [1.82, 2.24) is 5.32 Å². The molecule has 0 amide bonds. The van der Waals surface area contributed by atoms with Crippen LogP contribution in [0.1, 0.15) is 38.2 Å². The molecular formula is C16H24ClNS. The zero-order valence-corrected chi connectivity index (χ0v) is 13.5. The van der Waals surface area contributed by atoms with E-state index in [1.165, 1.54) is 16.2 Å². The van der Waals surface area contributed by atoms with Gasteiger partial charge in [0.05, 0.1) is 0 Å². The first kappa shape index (κ1) is 15.2. The summed E-state index contributed by atoms with van der Waals surface area (Å²) in [6, 6.07) is 8.80. The number of thioether (sulfide) groups is 1. The van der Waals surface area contributed by atoms with Crippen molar-refractivity contribution in [2.45, 2.75) is 37.5 Å². The van der Waals surface area contributed by atoms with Crippen LogP contribution in [0.5, 0.6) is 0 Å². The van der Waals surface area contributed by atoms with Gasteiger partial charge in [-0.05, 0) is 29.9 Å². The van der Waals surface area contributed by atoms with E-state index in [2.05, 4.69) is 43.4 Å². The fraction of sp³-hybridized carbons (Fsp3) is 0.625. The fourth-order valence-corrected chi connectivity index (χ4v) is 4.37. The zero-order chi connectivity index (χ0) is 13.7. The number of hydrogen-bond acceptors (Lipinski definition) is 2. The van der Waals surface area contributed by atoms with E-state index in [0.717, 1.165) is 31.8 Å². The zero-order valence-electron chi connectivity index (χ0n) is 11.9. The summed E-state index contributed by atoms with van der Waals surface area (Å²) in [5.41, 5.74) is 1.79. The van der Waals surface area contributed by atoms with Crippen LogP contribution in [0.2, 0.25) is 0 Å². The Kier molecular flexibility index (Phi) is 5.61. The molecule has 0 spiro atoms. The molecule has 3 heteroatoms. The number of hydrogen-bond donors (Lipinski definition) is 1.